The van der Waals surface area contributed by atoms with E-state index < -0.39 is 5.97 Å². The summed E-state index contributed by atoms with van der Waals surface area (Å²) in [5, 5.41) is 0. The quantitative estimate of drug-likeness (QED) is 0.622. The Morgan fingerprint density at radius 2 is 2.04 bits per heavy atom. The normalized spacial score (nSPS) is 12.4. The summed E-state index contributed by atoms with van der Waals surface area (Å²) < 4.78 is 21.1. The fraction of sp³-hybridized carbons (Fsp3) is 0.222. The maximum Gasteiger partial charge on any atom is 0.337 e. The van der Waals surface area contributed by atoms with E-state index in [0.717, 1.165) is 5.56 Å². The van der Waals surface area contributed by atoms with E-state index in [4.69, 9.17) is 18.9 Å². The van der Waals surface area contributed by atoms with Gasteiger partial charge in [0.25, 0.3) is 0 Å². The summed E-state index contributed by atoms with van der Waals surface area (Å²) >= 11 is 0. The zero-order valence-corrected chi connectivity index (χ0v) is 13.4. The molecule has 0 fully saturated rings. The van der Waals surface area contributed by atoms with Crippen LogP contribution < -0.4 is 14.2 Å². The van der Waals surface area contributed by atoms with E-state index >= 15 is 0 Å². The molecular formula is C18H17NO5. The lowest BCUT2D eigenvalue weighted by Crippen LogP contribution is -2.00. The summed E-state index contributed by atoms with van der Waals surface area (Å²) in [6.45, 7) is 2.63. The van der Waals surface area contributed by atoms with E-state index in [9.17, 15) is 4.79 Å². The van der Waals surface area contributed by atoms with Crippen LogP contribution in [0.3, 0.4) is 0 Å². The van der Waals surface area contributed by atoms with Crippen molar-refractivity contribution in [3.63, 3.8) is 0 Å². The van der Waals surface area contributed by atoms with Crippen molar-refractivity contribution in [3.8, 4) is 17.2 Å². The van der Waals surface area contributed by atoms with Crippen LogP contribution in [0.5, 0.6) is 17.2 Å². The Balaban J connectivity index is 1.90. The van der Waals surface area contributed by atoms with Crippen LogP contribution in [0.2, 0.25) is 0 Å². The number of benzene rings is 2. The molecule has 0 saturated heterocycles. The highest BCUT2D eigenvalue weighted by Crippen LogP contribution is 2.37. The van der Waals surface area contributed by atoms with Crippen molar-refractivity contribution in [3.05, 3.63) is 47.5 Å². The van der Waals surface area contributed by atoms with Crippen molar-refractivity contribution < 1.29 is 23.7 Å². The highest BCUT2D eigenvalue weighted by molar-refractivity contribution is 5.91. The molecule has 0 bridgehead atoms. The van der Waals surface area contributed by atoms with Gasteiger partial charge in [0, 0.05) is 17.8 Å². The summed E-state index contributed by atoms with van der Waals surface area (Å²) in [5.74, 6) is 1.58. The fourth-order valence-corrected chi connectivity index (χ4v) is 2.30. The van der Waals surface area contributed by atoms with Crippen LogP contribution in [0.1, 0.15) is 22.8 Å². The van der Waals surface area contributed by atoms with Crippen molar-refractivity contribution in [2.24, 2.45) is 4.99 Å². The SMILES string of the molecule is CCOc1cc2c(cc1C=Nc1cccc(C(=O)OC)c1)OCO2. The number of nitrogens with zero attached hydrogens (tertiary/aromatic N) is 1. The van der Waals surface area contributed by atoms with Crippen molar-refractivity contribution in [2.75, 3.05) is 20.5 Å². The van der Waals surface area contributed by atoms with Gasteiger partial charge in [0.15, 0.2) is 11.5 Å². The minimum absolute atomic E-state index is 0.197. The molecule has 1 heterocycles. The Morgan fingerprint density at radius 3 is 2.79 bits per heavy atom. The molecule has 6 nitrogen and oxygen atoms in total. The number of hydrogen-bond donors (Lipinski definition) is 0. The number of carbonyl (C=O) groups excluding carboxylic acids is 1. The molecule has 1 aliphatic heterocycles. The maximum atomic E-state index is 11.6. The molecule has 0 radical (unpaired) electrons. The van der Waals surface area contributed by atoms with Gasteiger partial charge in [-0.1, -0.05) is 6.07 Å². The van der Waals surface area contributed by atoms with Gasteiger partial charge >= 0.3 is 5.97 Å². The summed E-state index contributed by atoms with van der Waals surface area (Å²) in [6.07, 6.45) is 1.67. The molecular weight excluding hydrogens is 310 g/mol. The van der Waals surface area contributed by atoms with Crippen LogP contribution in [-0.4, -0.2) is 32.7 Å². The molecule has 6 heteroatoms. The fourth-order valence-electron chi connectivity index (χ4n) is 2.30. The van der Waals surface area contributed by atoms with E-state index in [-0.39, 0.29) is 6.79 Å². The molecule has 0 atom stereocenters. The standard InChI is InChI=1S/C18H17NO5/c1-3-22-15-9-17-16(23-11-24-17)8-13(15)10-19-14-6-4-5-12(7-14)18(20)21-2/h4-10H,3,11H2,1-2H3. The van der Waals surface area contributed by atoms with E-state index in [1.807, 2.05) is 13.0 Å². The first-order valence-corrected chi connectivity index (χ1v) is 7.50. The van der Waals surface area contributed by atoms with Crippen LogP contribution in [-0.2, 0) is 4.74 Å². The molecule has 0 amide bonds. The number of carbonyl (C=O) groups is 1. The zero-order valence-electron chi connectivity index (χ0n) is 13.4. The highest BCUT2D eigenvalue weighted by atomic mass is 16.7. The molecule has 0 aliphatic carbocycles. The largest absolute Gasteiger partial charge is 0.493 e. The number of rotatable bonds is 5. The lowest BCUT2D eigenvalue weighted by Gasteiger charge is -2.08. The monoisotopic (exact) mass is 327 g/mol. The van der Waals surface area contributed by atoms with Crippen LogP contribution in [0.4, 0.5) is 5.69 Å². The van der Waals surface area contributed by atoms with Crippen LogP contribution in [0.25, 0.3) is 0 Å². The smallest absolute Gasteiger partial charge is 0.337 e. The maximum absolute atomic E-state index is 11.6. The predicted octanol–water partition coefficient (Wildman–Crippen LogP) is 3.35. The number of aliphatic imine (C=N–C) groups is 1. The number of esters is 1. The number of hydrogen-bond acceptors (Lipinski definition) is 6. The third-order valence-corrected chi connectivity index (χ3v) is 3.42. The first-order chi connectivity index (χ1) is 11.7. The minimum Gasteiger partial charge on any atom is -0.493 e. The lowest BCUT2D eigenvalue weighted by molar-refractivity contribution is 0.0600. The van der Waals surface area contributed by atoms with E-state index in [2.05, 4.69) is 4.99 Å². The van der Waals surface area contributed by atoms with E-state index in [1.54, 1.807) is 36.5 Å². The predicted molar refractivity (Wildman–Crippen MR) is 88.8 cm³/mol. The summed E-state index contributed by atoms with van der Waals surface area (Å²) in [5.41, 5.74) is 1.85. The zero-order chi connectivity index (χ0) is 16.9. The highest BCUT2D eigenvalue weighted by Gasteiger charge is 2.17. The molecule has 24 heavy (non-hydrogen) atoms. The molecule has 124 valence electrons. The Hall–Kier alpha value is -3.02. The van der Waals surface area contributed by atoms with Gasteiger partial charge in [-0.25, -0.2) is 4.79 Å². The second kappa shape index (κ2) is 7.04. The lowest BCUT2D eigenvalue weighted by atomic mass is 10.2. The molecule has 0 N–H and O–H groups in total. The molecule has 1 aliphatic rings. The van der Waals surface area contributed by atoms with Crippen molar-refractivity contribution in [1.82, 2.24) is 0 Å². The molecule has 0 unspecified atom stereocenters. The van der Waals surface area contributed by atoms with Crippen molar-refractivity contribution in [1.29, 1.82) is 0 Å². The van der Waals surface area contributed by atoms with Gasteiger partial charge in [-0.05, 0) is 31.2 Å². The van der Waals surface area contributed by atoms with Gasteiger partial charge < -0.3 is 18.9 Å². The van der Waals surface area contributed by atoms with Crippen molar-refractivity contribution >= 4 is 17.9 Å². The van der Waals surface area contributed by atoms with Crippen LogP contribution >= 0.6 is 0 Å². The number of fused-ring (bicyclic) bond motifs is 1. The molecule has 0 spiro atoms. The molecule has 0 saturated carbocycles. The first kappa shape index (κ1) is 15.9. The van der Waals surface area contributed by atoms with Gasteiger partial charge in [-0.3, -0.25) is 4.99 Å². The summed E-state index contributed by atoms with van der Waals surface area (Å²) in [6, 6.07) is 10.5. The van der Waals surface area contributed by atoms with Crippen LogP contribution in [0.15, 0.2) is 41.4 Å². The molecule has 2 aromatic rings. The Labute approximate surface area is 139 Å². The number of ether oxygens (including phenoxy) is 4. The third kappa shape index (κ3) is 3.32. The Bertz CT molecular complexity index is 785. The first-order valence-electron chi connectivity index (χ1n) is 7.50. The average molecular weight is 327 g/mol. The van der Waals surface area contributed by atoms with Gasteiger partial charge in [0.1, 0.15) is 5.75 Å². The Kier molecular flexibility index (Phi) is 4.65. The van der Waals surface area contributed by atoms with Crippen LogP contribution in [0, 0.1) is 0 Å². The summed E-state index contributed by atoms with van der Waals surface area (Å²) in [7, 11) is 1.35. The summed E-state index contributed by atoms with van der Waals surface area (Å²) in [4.78, 5) is 16.0. The van der Waals surface area contributed by atoms with E-state index in [0.29, 0.717) is 35.1 Å². The second-order valence-corrected chi connectivity index (χ2v) is 4.98. The van der Waals surface area contributed by atoms with Gasteiger partial charge in [-0.15, -0.1) is 0 Å². The van der Waals surface area contributed by atoms with Gasteiger partial charge in [-0.2, -0.15) is 0 Å². The average Bonchev–Trinajstić information content (AvgIpc) is 3.06. The number of methoxy groups -OCH3 is 1. The molecule has 2 aromatic carbocycles. The third-order valence-electron chi connectivity index (χ3n) is 3.42. The second-order valence-electron chi connectivity index (χ2n) is 4.98. The minimum atomic E-state index is -0.398. The molecule has 0 aromatic heterocycles. The topological polar surface area (TPSA) is 66.4 Å². The molecule has 3 rings (SSSR count). The Morgan fingerprint density at radius 1 is 1.25 bits per heavy atom. The van der Waals surface area contributed by atoms with Gasteiger partial charge in [0.2, 0.25) is 6.79 Å². The van der Waals surface area contributed by atoms with Crippen molar-refractivity contribution in [2.45, 2.75) is 6.92 Å². The van der Waals surface area contributed by atoms with E-state index in [1.165, 1.54) is 7.11 Å². The van der Waals surface area contributed by atoms with Gasteiger partial charge in [0.05, 0.1) is 25.0 Å².